The average molecular weight is 521 g/mol. The maximum Gasteiger partial charge on any atom is 0.273 e. The zero-order valence-electron chi connectivity index (χ0n) is 22.1. The van der Waals surface area contributed by atoms with Crippen molar-refractivity contribution in [1.82, 2.24) is 4.98 Å². The Morgan fingerprint density at radius 1 is 0.763 bits per heavy atom. The summed E-state index contributed by atoms with van der Waals surface area (Å²) < 4.78 is 13.5. The van der Waals surface area contributed by atoms with Crippen LogP contribution in [0.15, 0.2) is 87.3 Å². The normalized spacial score (nSPS) is 11.9. The van der Waals surface area contributed by atoms with E-state index in [4.69, 9.17) is 13.4 Å². The summed E-state index contributed by atoms with van der Waals surface area (Å²) in [5.41, 5.74) is 3.78. The molecule has 0 saturated heterocycles. The minimum absolute atomic E-state index is 0.0991. The molecule has 0 radical (unpaired) electrons. The quantitative estimate of drug-likeness (QED) is 0.247. The Balaban J connectivity index is 1.74. The number of aromatic nitrogens is 1. The zero-order valence-corrected chi connectivity index (χ0v) is 23.0. The van der Waals surface area contributed by atoms with E-state index in [2.05, 4.69) is 79.8 Å². The van der Waals surface area contributed by atoms with Crippen LogP contribution in [-0.2, 0) is 4.79 Å². The van der Waals surface area contributed by atoms with E-state index in [-0.39, 0.29) is 5.91 Å². The molecule has 1 N–H and O–H groups in total. The third-order valence-electron chi connectivity index (χ3n) is 6.82. The van der Waals surface area contributed by atoms with Gasteiger partial charge in [-0.25, -0.2) is 4.98 Å². The van der Waals surface area contributed by atoms with Crippen molar-refractivity contribution in [3.05, 3.63) is 90.0 Å². The lowest BCUT2D eigenvalue weighted by atomic mass is 9.95. The first kappa shape index (κ1) is 24.3. The molecule has 0 saturated carbocycles. The smallest absolute Gasteiger partial charge is 0.273 e. The van der Waals surface area contributed by atoms with Crippen molar-refractivity contribution in [3.63, 3.8) is 0 Å². The molecule has 4 aromatic carbocycles. The summed E-state index contributed by atoms with van der Waals surface area (Å²) in [6, 6.07) is 26.7. The maximum absolute atomic E-state index is 12.6. The van der Waals surface area contributed by atoms with E-state index in [1.165, 1.54) is 0 Å². The van der Waals surface area contributed by atoms with Crippen molar-refractivity contribution in [2.45, 2.75) is 34.6 Å². The summed E-state index contributed by atoms with van der Waals surface area (Å²) in [7, 11) is -1.64. The molecule has 6 heteroatoms. The minimum atomic E-state index is -1.64. The van der Waals surface area contributed by atoms with Gasteiger partial charge in [0.15, 0.2) is 5.44 Å². The Labute approximate surface area is 222 Å². The molecule has 6 aromatic rings. The molecular weight excluding hydrogens is 491 g/mol. The van der Waals surface area contributed by atoms with Gasteiger partial charge in [-0.05, 0) is 70.8 Å². The van der Waals surface area contributed by atoms with Gasteiger partial charge in [0.05, 0.1) is 0 Å². The number of fused-ring (bicyclic) bond motifs is 7. The van der Waals surface area contributed by atoms with Crippen LogP contribution in [0.5, 0.6) is 0 Å². The first-order valence-electron chi connectivity index (χ1n) is 12.7. The first-order valence-corrected chi connectivity index (χ1v) is 13.9. The highest BCUT2D eigenvalue weighted by atomic mass is 31.1. The van der Waals surface area contributed by atoms with E-state index >= 15 is 0 Å². The fourth-order valence-electron chi connectivity index (χ4n) is 4.85. The third-order valence-corrected chi connectivity index (χ3v) is 8.14. The van der Waals surface area contributed by atoms with Crippen LogP contribution < -0.4 is 5.32 Å². The SMILES string of the molecule is Cc1cc2ccccc2c2c1op(-c1cccc(NC(=O)C(C)(C)C)n1)oc1c(C)cc3ccccc3c12. The van der Waals surface area contributed by atoms with E-state index in [1.807, 2.05) is 32.9 Å². The molecule has 0 fully saturated rings. The summed E-state index contributed by atoms with van der Waals surface area (Å²) >= 11 is 0. The molecule has 2 aromatic heterocycles. The number of aryl methyl sites for hydroxylation is 2. The topological polar surface area (TPSA) is 68.3 Å². The molecular formula is C32H29N2O3P. The maximum atomic E-state index is 12.6. The van der Waals surface area contributed by atoms with Crippen LogP contribution in [0, 0.1) is 19.3 Å². The van der Waals surface area contributed by atoms with Crippen molar-refractivity contribution in [1.29, 1.82) is 0 Å². The number of hydrogen-bond donors (Lipinski definition) is 1. The number of benzene rings is 4. The van der Waals surface area contributed by atoms with Crippen molar-refractivity contribution in [2.24, 2.45) is 5.41 Å². The monoisotopic (exact) mass is 520 g/mol. The Bertz CT molecular complexity index is 1830. The summed E-state index contributed by atoms with van der Waals surface area (Å²) in [6.07, 6.45) is 0. The number of nitrogens with zero attached hydrogens (tertiary/aromatic N) is 1. The first-order chi connectivity index (χ1) is 18.2. The highest BCUT2D eigenvalue weighted by Gasteiger charge is 2.22. The van der Waals surface area contributed by atoms with Gasteiger partial charge in [-0.3, -0.25) is 4.79 Å². The van der Waals surface area contributed by atoms with Gasteiger partial charge in [0.1, 0.15) is 17.0 Å². The molecule has 0 bridgehead atoms. The average Bonchev–Trinajstić information content (AvgIpc) is 3.08. The fraction of sp³-hybridized carbons (Fsp3) is 0.188. The van der Waals surface area contributed by atoms with Crippen LogP contribution in [0.4, 0.5) is 5.82 Å². The number of nitrogens with one attached hydrogen (secondary N) is 1. The van der Waals surface area contributed by atoms with Gasteiger partial charge in [-0.2, -0.15) is 0 Å². The molecule has 38 heavy (non-hydrogen) atoms. The zero-order chi connectivity index (χ0) is 26.6. The third kappa shape index (κ3) is 4.13. The highest BCUT2D eigenvalue weighted by Crippen LogP contribution is 2.46. The predicted octanol–water partition coefficient (Wildman–Crippen LogP) is 9.58. The lowest BCUT2D eigenvalue weighted by molar-refractivity contribution is -0.123. The van der Waals surface area contributed by atoms with Gasteiger partial charge in [0, 0.05) is 16.2 Å². The van der Waals surface area contributed by atoms with Crippen molar-refractivity contribution < 1.29 is 13.2 Å². The van der Waals surface area contributed by atoms with Gasteiger partial charge >= 0.3 is 0 Å². The number of amides is 1. The molecule has 190 valence electrons. The standard InChI is InChI=1S/C32H29N2O3P/c1-19-17-21-11-6-8-13-23(21)27-28-24-14-9-7-12-22(24)18-20(2)30(28)37-38(36-29(19)27)26-16-10-15-25(33-26)34-31(35)32(3,4)5/h6-18H,1-5H3,(H,33,34,35). The molecule has 1 amide bonds. The minimum Gasteiger partial charge on any atom is -0.414 e. The number of carbonyl (C=O) groups excluding carboxylic acids is 1. The van der Waals surface area contributed by atoms with Crippen molar-refractivity contribution >= 4 is 63.2 Å². The van der Waals surface area contributed by atoms with E-state index in [9.17, 15) is 4.79 Å². The lowest BCUT2D eigenvalue weighted by Gasteiger charge is -2.17. The molecule has 0 aliphatic carbocycles. The Hall–Kier alpha value is -4.08. The Morgan fingerprint density at radius 2 is 1.29 bits per heavy atom. The van der Waals surface area contributed by atoms with Crippen LogP contribution in [0.25, 0.3) is 48.9 Å². The van der Waals surface area contributed by atoms with Crippen LogP contribution in [0.2, 0.25) is 0 Å². The van der Waals surface area contributed by atoms with E-state index in [0.29, 0.717) is 11.3 Å². The molecule has 0 unspecified atom stereocenters. The van der Waals surface area contributed by atoms with Gasteiger partial charge in [0.25, 0.3) is 8.01 Å². The molecule has 0 spiro atoms. The second-order valence-electron chi connectivity index (χ2n) is 10.8. The molecule has 6 rings (SSSR count). The summed E-state index contributed by atoms with van der Waals surface area (Å²) in [4.78, 5) is 17.4. The summed E-state index contributed by atoms with van der Waals surface area (Å²) in [5, 5.41) is 9.55. The van der Waals surface area contributed by atoms with E-state index in [1.54, 1.807) is 6.07 Å². The van der Waals surface area contributed by atoms with Gasteiger partial charge in [0.2, 0.25) is 5.91 Å². The number of carbonyl (C=O) groups is 1. The lowest BCUT2D eigenvalue weighted by Crippen LogP contribution is -2.27. The predicted molar refractivity (Wildman–Crippen MR) is 158 cm³/mol. The molecule has 0 aliphatic rings. The fourth-order valence-corrected chi connectivity index (χ4v) is 6.27. The number of rotatable bonds is 2. The Kier molecular flexibility index (Phi) is 5.77. The summed E-state index contributed by atoms with van der Waals surface area (Å²) in [6.45, 7) is 9.79. The molecule has 0 aliphatic heterocycles. The number of pyridine rings is 1. The van der Waals surface area contributed by atoms with Crippen LogP contribution >= 0.6 is 8.01 Å². The second-order valence-corrected chi connectivity index (χ2v) is 12.1. The second kappa shape index (κ2) is 9.04. The van der Waals surface area contributed by atoms with Gasteiger partial charge in [-0.15, -0.1) is 0 Å². The largest absolute Gasteiger partial charge is 0.414 e. The van der Waals surface area contributed by atoms with Crippen LogP contribution in [0.3, 0.4) is 0 Å². The van der Waals surface area contributed by atoms with Crippen molar-refractivity contribution in [3.8, 4) is 5.44 Å². The molecule has 2 heterocycles. The van der Waals surface area contributed by atoms with Crippen molar-refractivity contribution in [2.75, 3.05) is 5.32 Å². The molecule has 0 atom stereocenters. The van der Waals surface area contributed by atoms with Gasteiger partial charge < -0.3 is 13.7 Å². The van der Waals surface area contributed by atoms with E-state index in [0.717, 1.165) is 54.6 Å². The highest BCUT2D eigenvalue weighted by molar-refractivity contribution is 7.45. The van der Waals surface area contributed by atoms with Gasteiger partial charge in [-0.1, -0.05) is 75.4 Å². The van der Waals surface area contributed by atoms with Crippen LogP contribution in [0.1, 0.15) is 31.9 Å². The number of hydrogen-bond acceptors (Lipinski definition) is 4. The Morgan fingerprint density at radius 3 is 1.82 bits per heavy atom. The number of anilines is 1. The summed E-state index contributed by atoms with van der Waals surface area (Å²) in [5.74, 6) is 0.380. The van der Waals surface area contributed by atoms with E-state index < -0.39 is 13.4 Å². The molecule has 5 nitrogen and oxygen atoms in total. The van der Waals surface area contributed by atoms with Crippen LogP contribution in [-0.4, -0.2) is 10.9 Å².